The maximum Gasteiger partial charge on any atom is 0.240 e. The molecule has 3 unspecified atom stereocenters. The van der Waals surface area contributed by atoms with Crippen molar-refractivity contribution in [3.8, 4) is 0 Å². The van der Waals surface area contributed by atoms with E-state index < -0.39 is 15.9 Å². The minimum absolute atomic E-state index is 0.0219. The average Bonchev–Trinajstić information content (AvgIpc) is 2.73. The first-order valence-corrected chi connectivity index (χ1v) is 8.51. The molecule has 6 nitrogen and oxygen atoms in total. The highest BCUT2D eigenvalue weighted by Crippen LogP contribution is 2.19. The number of hydrogen-bond acceptors (Lipinski definition) is 5. The van der Waals surface area contributed by atoms with Gasteiger partial charge >= 0.3 is 0 Å². The second-order valence-electron chi connectivity index (χ2n) is 5.22. The van der Waals surface area contributed by atoms with Gasteiger partial charge in [-0.2, -0.15) is 0 Å². The molecule has 1 saturated heterocycles. The Morgan fingerprint density at radius 1 is 1.53 bits per heavy atom. The maximum atomic E-state index is 12.3. The lowest BCUT2D eigenvalue weighted by Gasteiger charge is -2.31. The predicted octanol–water partition coefficient (Wildman–Crippen LogP) is -0.632. The van der Waals surface area contributed by atoms with Crippen molar-refractivity contribution in [2.24, 2.45) is 11.7 Å². The Balaban J connectivity index is 2.80. The fraction of sp³-hybridized carbons (Fsp3) is 0.917. The second-order valence-corrected chi connectivity index (χ2v) is 7.45. The number of amides is 1. The lowest BCUT2D eigenvalue weighted by molar-refractivity contribution is -0.136. The van der Waals surface area contributed by atoms with Gasteiger partial charge in [-0.05, 0) is 12.3 Å². The summed E-state index contributed by atoms with van der Waals surface area (Å²) in [5, 5.41) is 9.07. The van der Waals surface area contributed by atoms with Gasteiger partial charge in [0.1, 0.15) is 0 Å². The number of aliphatic hydroxyl groups is 1. The second kappa shape index (κ2) is 6.67. The van der Waals surface area contributed by atoms with Crippen LogP contribution < -0.4 is 5.73 Å². The SMILES string of the molecule is CCC(C)C(N)C(=O)N(CCO)C1CCS(=O)(=O)C1. The molecule has 1 heterocycles. The summed E-state index contributed by atoms with van der Waals surface area (Å²) in [6.45, 7) is 3.80. The summed E-state index contributed by atoms with van der Waals surface area (Å²) in [7, 11) is -3.06. The molecule has 1 fully saturated rings. The van der Waals surface area contributed by atoms with Crippen LogP contribution in [0.25, 0.3) is 0 Å². The maximum absolute atomic E-state index is 12.3. The van der Waals surface area contributed by atoms with Crippen LogP contribution in [-0.2, 0) is 14.6 Å². The molecule has 0 radical (unpaired) electrons. The molecule has 0 aromatic carbocycles. The van der Waals surface area contributed by atoms with E-state index in [1.807, 2.05) is 13.8 Å². The van der Waals surface area contributed by atoms with Crippen molar-refractivity contribution in [2.45, 2.75) is 38.8 Å². The van der Waals surface area contributed by atoms with Gasteiger partial charge in [0.05, 0.1) is 24.2 Å². The molecule has 3 atom stereocenters. The number of hydrogen-bond donors (Lipinski definition) is 2. The van der Waals surface area contributed by atoms with Crippen molar-refractivity contribution in [3.63, 3.8) is 0 Å². The van der Waals surface area contributed by atoms with Crippen LogP contribution in [0.15, 0.2) is 0 Å². The zero-order chi connectivity index (χ0) is 14.6. The van der Waals surface area contributed by atoms with E-state index in [0.717, 1.165) is 6.42 Å². The summed E-state index contributed by atoms with van der Waals surface area (Å²) in [5.41, 5.74) is 5.92. The van der Waals surface area contributed by atoms with Crippen molar-refractivity contribution in [1.82, 2.24) is 4.90 Å². The molecule has 0 spiro atoms. The molecule has 0 bridgehead atoms. The van der Waals surface area contributed by atoms with E-state index in [1.165, 1.54) is 4.90 Å². The van der Waals surface area contributed by atoms with Crippen LogP contribution in [0.2, 0.25) is 0 Å². The lowest BCUT2D eigenvalue weighted by Crippen LogP contribution is -2.52. The Hall–Kier alpha value is -0.660. The smallest absolute Gasteiger partial charge is 0.240 e. The summed E-state index contributed by atoms with van der Waals surface area (Å²) >= 11 is 0. The fourth-order valence-corrected chi connectivity index (χ4v) is 4.02. The van der Waals surface area contributed by atoms with Crippen LogP contribution in [0.4, 0.5) is 0 Å². The number of nitrogens with two attached hydrogens (primary N) is 1. The van der Waals surface area contributed by atoms with Gasteiger partial charge in [0.25, 0.3) is 0 Å². The number of sulfone groups is 1. The highest BCUT2D eigenvalue weighted by atomic mass is 32.2. The molecule has 19 heavy (non-hydrogen) atoms. The molecule has 7 heteroatoms. The third kappa shape index (κ3) is 4.15. The standard InChI is InChI=1S/C12H24N2O4S/c1-3-9(2)11(13)12(16)14(5-6-15)10-4-7-19(17,18)8-10/h9-11,15H,3-8,13H2,1-2H3. The van der Waals surface area contributed by atoms with E-state index in [0.29, 0.717) is 6.42 Å². The highest BCUT2D eigenvalue weighted by molar-refractivity contribution is 7.91. The molecule has 0 aromatic rings. The van der Waals surface area contributed by atoms with Crippen LogP contribution in [-0.4, -0.2) is 61.1 Å². The van der Waals surface area contributed by atoms with Crippen molar-refractivity contribution in [1.29, 1.82) is 0 Å². The Bertz CT molecular complexity index is 410. The Labute approximate surface area is 114 Å². The van der Waals surface area contributed by atoms with E-state index in [1.54, 1.807) is 0 Å². The molecule has 0 aliphatic carbocycles. The lowest BCUT2D eigenvalue weighted by atomic mass is 9.98. The van der Waals surface area contributed by atoms with Crippen molar-refractivity contribution < 1.29 is 18.3 Å². The van der Waals surface area contributed by atoms with Gasteiger partial charge in [-0.3, -0.25) is 4.79 Å². The molecule has 0 aromatic heterocycles. The minimum atomic E-state index is -3.06. The minimum Gasteiger partial charge on any atom is -0.395 e. The molecular weight excluding hydrogens is 268 g/mol. The van der Waals surface area contributed by atoms with E-state index in [4.69, 9.17) is 10.8 Å². The van der Waals surface area contributed by atoms with Crippen LogP contribution in [0.1, 0.15) is 26.7 Å². The molecule has 3 N–H and O–H groups in total. The first-order chi connectivity index (χ1) is 8.82. The highest BCUT2D eigenvalue weighted by Gasteiger charge is 2.36. The summed E-state index contributed by atoms with van der Waals surface area (Å²) in [4.78, 5) is 13.8. The number of nitrogens with zero attached hydrogens (tertiary/aromatic N) is 1. The van der Waals surface area contributed by atoms with Gasteiger partial charge in [0.2, 0.25) is 5.91 Å². The van der Waals surface area contributed by atoms with Gasteiger partial charge in [-0.15, -0.1) is 0 Å². The predicted molar refractivity (Wildman–Crippen MR) is 73.3 cm³/mol. The Kier molecular flexibility index (Phi) is 5.76. The fourth-order valence-electron chi connectivity index (χ4n) is 2.29. The summed E-state index contributed by atoms with van der Waals surface area (Å²) in [6.07, 6.45) is 1.21. The quantitative estimate of drug-likeness (QED) is 0.678. The molecule has 1 aliphatic rings. The van der Waals surface area contributed by atoms with Crippen LogP contribution in [0.5, 0.6) is 0 Å². The van der Waals surface area contributed by atoms with E-state index in [2.05, 4.69) is 0 Å². The van der Waals surface area contributed by atoms with E-state index in [9.17, 15) is 13.2 Å². The van der Waals surface area contributed by atoms with Crippen molar-refractivity contribution >= 4 is 15.7 Å². The molecule has 112 valence electrons. The monoisotopic (exact) mass is 292 g/mol. The number of carbonyl (C=O) groups excluding carboxylic acids is 1. The molecule has 1 rings (SSSR count). The zero-order valence-corrected chi connectivity index (χ0v) is 12.4. The molecule has 1 aliphatic heterocycles. The van der Waals surface area contributed by atoms with E-state index >= 15 is 0 Å². The normalized spacial score (nSPS) is 24.9. The van der Waals surface area contributed by atoms with Gasteiger partial charge < -0.3 is 15.7 Å². The third-order valence-corrected chi connectivity index (χ3v) is 5.57. The largest absolute Gasteiger partial charge is 0.395 e. The first-order valence-electron chi connectivity index (χ1n) is 6.69. The van der Waals surface area contributed by atoms with Crippen LogP contribution in [0, 0.1) is 5.92 Å². The third-order valence-electron chi connectivity index (χ3n) is 3.82. The first kappa shape index (κ1) is 16.4. The van der Waals surface area contributed by atoms with E-state index in [-0.39, 0.29) is 42.5 Å². The van der Waals surface area contributed by atoms with Gasteiger partial charge in [0.15, 0.2) is 9.84 Å². The van der Waals surface area contributed by atoms with Gasteiger partial charge in [-0.1, -0.05) is 20.3 Å². The summed E-state index contributed by atoms with van der Waals surface area (Å²) in [5.74, 6) is -0.144. The van der Waals surface area contributed by atoms with Crippen LogP contribution in [0.3, 0.4) is 0 Å². The van der Waals surface area contributed by atoms with Crippen LogP contribution >= 0.6 is 0 Å². The van der Waals surface area contributed by atoms with Gasteiger partial charge in [-0.25, -0.2) is 8.42 Å². The Morgan fingerprint density at radius 2 is 2.16 bits per heavy atom. The average molecular weight is 292 g/mol. The zero-order valence-electron chi connectivity index (χ0n) is 11.6. The number of aliphatic hydroxyl groups excluding tert-OH is 1. The molecule has 0 saturated carbocycles. The molecular formula is C12H24N2O4S. The number of carbonyl (C=O) groups is 1. The van der Waals surface area contributed by atoms with Crippen molar-refractivity contribution in [3.05, 3.63) is 0 Å². The molecule has 1 amide bonds. The Morgan fingerprint density at radius 3 is 2.58 bits per heavy atom. The van der Waals surface area contributed by atoms with Crippen molar-refractivity contribution in [2.75, 3.05) is 24.7 Å². The summed E-state index contributed by atoms with van der Waals surface area (Å²) < 4.78 is 23.0. The number of rotatable bonds is 6. The topological polar surface area (TPSA) is 101 Å². The summed E-state index contributed by atoms with van der Waals surface area (Å²) in [6, 6.07) is -0.986. The van der Waals surface area contributed by atoms with Gasteiger partial charge in [0, 0.05) is 12.6 Å².